The second kappa shape index (κ2) is 14.3. The van der Waals surface area contributed by atoms with Crippen LogP contribution in [0.25, 0.3) is 0 Å². The molecule has 0 saturated carbocycles. The van der Waals surface area contributed by atoms with Crippen LogP contribution >= 0.6 is 0 Å². The molecule has 2 amide bonds. The molecule has 0 bridgehead atoms. The number of rotatable bonds is 12. The summed E-state index contributed by atoms with van der Waals surface area (Å²) in [6.45, 7) is 4.43. The second-order valence-corrected chi connectivity index (χ2v) is 12.6. The van der Waals surface area contributed by atoms with Crippen LogP contribution in [0.4, 0.5) is 14.5 Å². The Morgan fingerprint density at radius 2 is 1.43 bits per heavy atom. The van der Waals surface area contributed by atoms with Crippen LogP contribution in [-0.4, -0.2) is 43.8 Å². The van der Waals surface area contributed by atoms with Gasteiger partial charge in [0.2, 0.25) is 11.8 Å². The average molecular weight is 620 g/mol. The SMILES string of the molecule is Cc1ccc(N(CC(=O)N(Cc2ccccc2F)[C@H](Cc2ccccc2)C(=O)NC(C)C)S(=O)(=O)c2ccc(F)cc2)cc1. The summed E-state index contributed by atoms with van der Waals surface area (Å²) in [7, 11) is -4.37. The van der Waals surface area contributed by atoms with Gasteiger partial charge in [0.25, 0.3) is 10.0 Å². The van der Waals surface area contributed by atoms with E-state index in [0.29, 0.717) is 0 Å². The number of sulfonamides is 1. The Morgan fingerprint density at radius 3 is 2.05 bits per heavy atom. The van der Waals surface area contributed by atoms with Gasteiger partial charge in [-0.1, -0.05) is 66.2 Å². The smallest absolute Gasteiger partial charge is 0.264 e. The standard InChI is InChI=1S/C34H35F2N3O4S/c1-24(2)37-34(41)32(21-26-9-5-4-6-10-26)38(22-27-11-7-8-12-31(27)36)33(40)23-39(29-17-13-25(3)14-18-29)44(42,43)30-19-15-28(35)16-20-30/h4-20,24,32H,21-23H2,1-3H3,(H,37,41)/t32-/m1/s1. The molecule has 230 valence electrons. The number of benzene rings is 4. The predicted molar refractivity (Wildman–Crippen MR) is 166 cm³/mol. The summed E-state index contributed by atoms with van der Waals surface area (Å²) in [6, 6.07) is 24.5. The molecule has 0 spiro atoms. The molecule has 7 nitrogen and oxygen atoms in total. The summed E-state index contributed by atoms with van der Waals surface area (Å²) in [5, 5.41) is 2.86. The van der Waals surface area contributed by atoms with E-state index in [4.69, 9.17) is 0 Å². The Bertz CT molecular complexity index is 1680. The van der Waals surface area contributed by atoms with E-state index in [1.54, 1.807) is 44.2 Å². The number of nitrogens with zero attached hydrogens (tertiary/aromatic N) is 2. The molecule has 10 heteroatoms. The Labute approximate surface area is 257 Å². The summed E-state index contributed by atoms with van der Waals surface area (Å²) in [6.07, 6.45) is 0.106. The number of anilines is 1. The molecule has 0 heterocycles. The van der Waals surface area contributed by atoms with Crippen molar-refractivity contribution < 1.29 is 26.8 Å². The third-order valence-electron chi connectivity index (χ3n) is 7.00. The van der Waals surface area contributed by atoms with Gasteiger partial charge < -0.3 is 10.2 Å². The maximum Gasteiger partial charge on any atom is 0.264 e. The Balaban J connectivity index is 1.81. The summed E-state index contributed by atoms with van der Waals surface area (Å²) in [5.41, 5.74) is 2.00. The van der Waals surface area contributed by atoms with Crippen molar-refractivity contribution in [3.05, 3.63) is 131 Å². The zero-order valence-electron chi connectivity index (χ0n) is 24.8. The lowest BCUT2D eigenvalue weighted by Gasteiger charge is -2.34. The highest BCUT2D eigenvalue weighted by Crippen LogP contribution is 2.26. The molecule has 4 rings (SSSR count). The molecule has 44 heavy (non-hydrogen) atoms. The minimum absolute atomic E-state index is 0.106. The molecule has 1 N–H and O–H groups in total. The maximum absolute atomic E-state index is 14.9. The first-order valence-electron chi connectivity index (χ1n) is 14.2. The Hall–Kier alpha value is -4.57. The summed E-state index contributed by atoms with van der Waals surface area (Å²) in [5.74, 6) is -2.36. The van der Waals surface area contributed by atoms with E-state index in [1.165, 1.54) is 23.1 Å². The molecular weight excluding hydrogens is 584 g/mol. The van der Waals surface area contributed by atoms with Crippen molar-refractivity contribution in [1.29, 1.82) is 0 Å². The number of carbonyl (C=O) groups excluding carboxylic acids is 2. The fourth-order valence-electron chi connectivity index (χ4n) is 4.72. The number of hydrogen-bond donors (Lipinski definition) is 1. The highest BCUT2D eigenvalue weighted by atomic mass is 32.2. The van der Waals surface area contributed by atoms with Crippen LogP contribution in [0.3, 0.4) is 0 Å². The fourth-order valence-corrected chi connectivity index (χ4v) is 6.13. The fraction of sp³-hybridized carbons (Fsp3) is 0.235. The number of aryl methyl sites for hydroxylation is 1. The van der Waals surface area contributed by atoms with Crippen molar-refractivity contribution in [2.24, 2.45) is 0 Å². The van der Waals surface area contributed by atoms with Gasteiger partial charge in [0.05, 0.1) is 10.6 Å². The van der Waals surface area contributed by atoms with E-state index in [1.807, 2.05) is 37.3 Å². The molecule has 0 saturated heterocycles. The zero-order valence-corrected chi connectivity index (χ0v) is 25.6. The van der Waals surface area contributed by atoms with Crippen molar-refractivity contribution in [3.8, 4) is 0 Å². The van der Waals surface area contributed by atoms with E-state index in [2.05, 4.69) is 5.32 Å². The first kappa shape index (κ1) is 32.3. The zero-order chi connectivity index (χ0) is 31.9. The number of carbonyl (C=O) groups is 2. The molecule has 0 aliphatic rings. The van der Waals surface area contributed by atoms with Crippen LogP contribution in [0, 0.1) is 18.6 Å². The van der Waals surface area contributed by atoms with Gasteiger partial charge in [0.15, 0.2) is 0 Å². The van der Waals surface area contributed by atoms with Crippen molar-refractivity contribution in [2.75, 3.05) is 10.8 Å². The normalized spacial score (nSPS) is 12.0. The lowest BCUT2D eigenvalue weighted by Crippen LogP contribution is -2.54. The summed E-state index contributed by atoms with van der Waals surface area (Å²) in [4.78, 5) is 29.0. The van der Waals surface area contributed by atoms with Gasteiger partial charge in [-0.2, -0.15) is 0 Å². The van der Waals surface area contributed by atoms with Crippen molar-refractivity contribution in [3.63, 3.8) is 0 Å². The molecule has 4 aromatic carbocycles. The molecule has 0 radical (unpaired) electrons. The van der Waals surface area contributed by atoms with Crippen molar-refractivity contribution in [1.82, 2.24) is 10.2 Å². The van der Waals surface area contributed by atoms with Crippen LogP contribution in [-0.2, 0) is 32.6 Å². The highest BCUT2D eigenvalue weighted by Gasteiger charge is 2.35. The topological polar surface area (TPSA) is 86.8 Å². The maximum atomic E-state index is 14.9. The van der Waals surface area contributed by atoms with Crippen LogP contribution in [0.1, 0.15) is 30.5 Å². The third-order valence-corrected chi connectivity index (χ3v) is 8.79. The largest absolute Gasteiger partial charge is 0.352 e. The van der Waals surface area contributed by atoms with E-state index in [0.717, 1.165) is 39.7 Å². The van der Waals surface area contributed by atoms with Crippen molar-refractivity contribution in [2.45, 2.75) is 50.7 Å². The first-order chi connectivity index (χ1) is 21.0. The minimum atomic E-state index is -4.37. The quantitative estimate of drug-likeness (QED) is 0.223. The van der Waals surface area contributed by atoms with E-state index >= 15 is 0 Å². The molecule has 0 aliphatic carbocycles. The minimum Gasteiger partial charge on any atom is -0.352 e. The molecule has 0 fully saturated rings. The number of amides is 2. The molecule has 4 aromatic rings. The van der Waals surface area contributed by atoms with Crippen LogP contribution < -0.4 is 9.62 Å². The molecule has 0 aliphatic heterocycles. The molecular formula is C34H35F2N3O4S. The lowest BCUT2D eigenvalue weighted by molar-refractivity contribution is -0.140. The average Bonchev–Trinajstić information content (AvgIpc) is 2.99. The van der Waals surface area contributed by atoms with Gasteiger partial charge in [0, 0.05) is 24.6 Å². The number of nitrogens with one attached hydrogen (secondary N) is 1. The predicted octanol–water partition coefficient (Wildman–Crippen LogP) is 5.63. The van der Waals surface area contributed by atoms with Crippen molar-refractivity contribution >= 4 is 27.5 Å². The van der Waals surface area contributed by atoms with Gasteiger partial charge in [0.1, 0.15) is 24.2 Å². The lowest BCUT2D eigenvalue weighted by atomic mass is 10.0. The van der Waals surface area contributed by atoms with E-state index in [9.17, 15) is 26.8 Å². The molecule has 1 atom stereocenters. The first-order valence-corrected chi connectivity index (χ1v) is 15.6. The van der Waals surface area contributed by atoms with Gasteiger partial charge in [-0.3, -0.25) is 13.9 Å². The van der Waals surface area contributed by atoms with Gasteiger partial charge in [-0.15, -0.1) is 0 Å². The van der Waals surface area contributed by atoms with Gasteiger partial charge in [-0.05, 0) is 68.8 Å². The highest BCUT2D eigenvalue weighted by molar-refractivity contribution is 7.92. The van der Waals surface area contributed by atoms with Gasteiger partial charge >= 0.3 is 0 Å². The van der Waals surface area contributed by atoms with E-state index in [-0.39, 0.29) is 35.2 Å². The third kappa shape index (κ3) is 8.08. The van der Waals surface area contributed by atoms with Crippen LogP contribution in [0.5, 0.6) is 0 Å². The summed E-state index contributed by atoms with van der Waals surface area (Å²) >= 11 is 0. The second-order valence-electron chi connectivity index (χ2n) is 10.8. The summed E-state index contributed by atoms with van der Waals surface area (Å²) < 4.78 is 57.4. The van der Waals surface area contributed by atoms with E-state index < -0.39 is 46.1 Å². The molecule has 0 aromatic heterocycles. The molecule has 0 unspecified atom stereocenters. The number of hydrogen-bond acceptors (Lipinski definition) is 4. The number of halogens is 2. The van der Waals surface area contributed by atoms with Crippen LogP contribution in [0.15, 0.2) is 108 Å². The Morgan fingerprint density at radius 1 is 0.818 bits per heavy atom. The monoisotopic (exact) mass is 619 g/mol. The van der Waals surface area contributed by atoms with Gasteiger partial charge in [-0.25, -0.2) is 17.2 Å². The van der Waals surface area contributed by atoms with Crippen LogP contribution in [0.2, 0.25) is 0 Å². The Kier molecular flexibility index (Phi) is 10.5.